The molecule has 128 valence electrons. The van der Waals surface area contributed by atoms with Gasteiger partial charge in [0.05, 0.1) is 13.2 Å². The first-order chi connectivity index (χ1) is 11.1. The molecule has 0 aliphatic carbocycles. The second kappa shape index (κ2) is 8.79. The van der Waals surface area contributed by atoms with Crippen molar-refractivity contribution in [2.75, 3.05) is 33.4 Å². The van der Waals surface area contributed by atoms with Gasteiger partial charge in [0.1, 0.15) is 5.69 Å². The van der Waals surface area contributed by atoms with Crippen LogP contribution in [0.25, 0.3) is 0 Å². The molecule has 0 saturated carbocycles. The second-order valence-electron chi connectivity index (χ2n) is 5.91. The largest absolute Gasteiger partial charge is 0.383 e. The van der Waals surface area contributed by atoms with Gasteiger partial charge >= 0.3 is 0 Å². The molecule has 1 aliphatic heterocycles. The summed E-state index contributed by atoms with van der Waals surface area (Å²) in [6.45, 7) is 5.47. The summed E-state index contributed by atoms with van der Waals surface area (Å²) in [5.74, 6) is -0.249. The van der Waals surface area contributed by atoms with Crippen LogP contribution in [0.4, 0.5) is 0 Å². The first kappa shape index (κ1) is 17.6. The highest BCUT2D eigenvalue weighted by Crippen LogP contribution is 2.15. The maximum Gasteiger partial charge on any atom is 0.271 e. The molecule has 1 fully saturated rings. The lowest BCUT2D eigenvalue weighted by molar-refractivity contribution is 0.0930. The van der Waals surface area contributed by atoms with Crippen LogP contribution in [0.15, 0.2) is 16.9 Å². The van der Waals surface area contributed by atoms with Gasteiger partial charge in [0.2, 0.25) is 0 Å². The molecule has 2 rings (SSSR count). The van der Waals surface area contributed by atoms with E-state index in [1.807, 2.05) is 0 Å². The number of rotatable bonds is 7. The van der Waals surface area contributed by atoms with Crippen LogP contribution in [0, 0.1) is 0 Å². The average Bonchev–Trinajstić information content (AvgIpc) is 2.55. The predicted molar refractivity (Wildman–Crippen MR) is 87.6 cm³/mol. The Morgan fingerprint density at radius 3 is 2.96 bits per heavy atom. The van der Waals surface area contributed by atoms with Gasteiger partial charge in [-0.3, -0.25) is 14.5 Å². The van der Waals surface area contributed by atoms with Gasteiger partial charge in [-0.2, -0.15) is 5.10 Å². The first-order valence-electron chi connectivity index (χ1n) is 8.21. The third kappa shape index (κ3) is 5.14. The van der Waals surface area contributed by atoms with E-state index in [1.165, 1.54) is 36.1 Å². The smallest absolute Gasteiger partial charge is 0.271 e. The fourth-order valence-corrected chi connectivity index (χ4v) is 2.80. The van der Waals surface area contributed by atoms with Gasteiger partial charge in [0, 0.05) is 32.3 Å². The van der Waals surface area contributed by atoms with Crippen molar-refractivity contribution < 1.29 is 9.53 Å². The molecule has 1 N–H and O–H groups in total. The number of piperidine rings is 1. The molecule has 1 saturated heterocycles. The van der Waals surface area contributed by atoms with Crippen molar-refractivity contribution in [1.82, 2.24) is 20.0 Å². The molecule has 1 atom stereocenters. The molecule has 0 bridgehead atoms. The van der Waals surface area contributed by atoms with Crippen molar-refractivity contribution in [3.8, 4) is 0 Å². The summed E-state index contributed by atoms with van der Waals surface area (Å²) in [6.07, 6.45) is 3.74. The van der Waals surface area contributed by atoms with Crippen LogP contribution in [0.1, 0.15) is 36.7 Å². The number of methoxy groups -OCH3 is 1. The van der Waals surface area contributed by atoms with E-state index in [-0.39, 0.29) is 17.2 Å². The molecule has 1 aliphatic rings. The predicted octanol–water partition coefficient (Wildman–Crippen LogP) is 0.494. The number of amides is 1. The Kier molecular flexibility index (Phi) is 6.73. The highest BCUT2D eigenvalue weighted by atomic mass is 16.5. The van der Waals surface area contributed by atoms with Gasteiger partial charge in [0.15, 0.2) is 0 Å². The fourth-order valence-electron chi connectivity index (χ4n) is 2.80. The Hall–Kier alpha value is -1.73. The van der Waals surface area contributed by atoms with Gasteiger partial charge < -0.3 is 10.1 Å². The average molecular weight is 322 g/mol. The quantitative estimate of drug-likeness (QED) is 0.791. The highest BCUT2D eigenvalue weighted by molar-refractivity contribution is 5.91. The van der Waals surface area contributed by atoms with E-state index in [1.54, 1.807) is 7.11 Å². The normalized spacial score (nSPS) is 18.8. The van der Waals surface area contributed by atoms with Gasteiger partial charge in [-0.1, -0.05) is 6.42 Å². The Morgan fingerprint density at radius 2 is 2.22 bits per heavy atom. The lowest BCUT2D eigenvalue weighted by atomic mass is 10.0. The number of nitrogens with zero attached hydrogens (tertiary/aromatic N) is 3. The van der Waals surface area contributed by atoms with Crippen LogP contribution in [0.2, 0.25) is 0 Å². The van der Waals surface area contributed by atoms with E-state index >= 15 is 0 Å². The Labute approximate surface area is 136 Å². The molecule has 23 heavy (non-hydrogen) atoms. The van der Waals surface area contributed by atoms with Crippen molar-refractivity contribution in [1.29, 1.82) is 0 Å². The zero-order valence-electron chi connectivity index (χ0n) is 14.0. The van der Waals surface area contributed by atoms with E-state index in [0.717, 1.165) is 13.1 Å². The summed E-state index contributed by atoms with van der Waals surface area (Å²) in [7, 11) is 1.56. The third-order valence-electron chi connectivity index (χ3n) is 4.23. The van der Waals surface area contributed by atoms with Gasteiger partial charge in [-0.25, -0.2) is 4.68 Å². The summed E-state index contributed by atoms with van der Waals surface area (Å²) < 4.78 is 6.19. The van der Waals surface area contributed by atoms with Crippen LogP contribution in [0.3, 0.4) is 0 Å². The number of aromatic nitrogens is 2. The zero-order chi connectivity index (χ0) is 16.7. The molecule has 2 heterocycles. The summed E-state index contributed by atoms with van der Waals surface area (Å²) in [5, 5.41) is 6.97. The van der Waals surface area contributed by atoms with Crippen molar-refractivity contribution in [2.45, 2.75) is 38.8 Å². The molecular weight excluding hydrogens is 296 g/mol. The second-order valence-corrected chi connectivity index (χ2v) is 5.91. The van der Waals surface area contributed by atoms with Crippen molar-refractivity contribution in [3.63, 3.8) is 0 Å². The van der Waals surface area contributed by atoms with Crippen LogP contribution in [-0.2, 0) is 11.3 Å². The maximum absolute atomic E-state index is 12.2. The minimum absolute atomic E-state index is 0.235. The lowest BCUT2D eigenvalue weighted by Crippen LogP contribution is -2.42. The highest BCUT2D eigenvalue weighted by Gasteiger charge is 2.18. The molecule has 1 aromatic rings. The number of carbonyl (C=O) groups excluding carboxylic acids is 1. The van der Waals surface area contributed by atoms with Crippen LogP contribution in [-0.4, -0.2) is 60.0 Å². The standard InChI is InChI=1S/C16H26N4O3/c1-13-5-3-4-9-19(13)10-8-17-16(22)14-6-7-15(21)20(18-14)11-12-23-2/h6-7,13H,3-5,8-12H2,1-2H3,(H,17,22)/t13-/m0/s1. The van der Waals surface area contributed by atoms with Gasteiger partial charge in [-0.05, 0) is 32.4 Å². The van der Waals surface area contributed by atoms with Crippen molar-refractivity contribution in [3.05, 3.63) is 28.2 Å². The minimum Gasteiger partial charge on any atom is -0.383 e. The van der Waals surface area contributed by atoms with E-state index in [2.05, 4.69) is 22.2 Å². The monoisotopic (exact) mass is 322 g/mol. The zero-order valence-corrected chi connectivity index (χ0v) is 14.0. The Bertz CT molecular complexity index is 573. The SMILES string of the molecule is COCCn1nc(C(=O)NCCN2CCCC[C@@H]2C)ccc1=O. The fraction of sp³-hybridized carbons (Fsp3) is 0.688. The van der Waals surface area contributed by atoms with Crippen LogP contribution >= 0.6 is 0 Å². The lowest BCUT2D eigenvalue weighted by Gasteiger charge is -2.33. The van der Waals surface area contributed by atoms with Crippen LogP contribution < -0.4 is 10.9 Å². The van der Waals surface area contributed by atoms with Crippen molar-refractivity contribution >= 4 is 5.91 Å². The van der Waals surface area contributed by atoms with E-state index in [0.29, 0.717) is 25.7 Å². The first-order valence-corrected chi connectivity index (χ1v) is 8.21. The molecule has 1 amide bonds. The molecule has 0 spiro atoms. The van der Waals surface area contributed by atoms with E-state index < -0.39 is 0 Å². The van der Waals surface area contributed by atoms with Crippen molar-refractivity contribution in [2.24, 2.45) is 0 Å². The molecule has 7 nitrogen and oxygen atoms in total. The number of hydrogen-bond acceptors (Lipinski definition) is 5. The van der Waals surface area contributed by atoms with Gasteiger partial charge in [-0.15, -0.1) is 0 Å². The number of carbonyl (C=O) groups is 1. The molecule has 7 heteroatoms. The molecule has 0 radical (unpaired) electrons. The summed E-state index contributed by atoms with van der Waals surface area (Å²) in [5.41, 5.74) is 0.0214. The minimum atomic E-state index is -0.249. The summed E-state index contributed by atoms with van der Waals surface area (Å²) in [6, 6.07) is 3.41. The van der Waals surface area contributed by atoms with Crippen LogP contribution in [0.5, 0.6) is 0 Å². The number of hydrogen-bond donors (Lipinski definition) is 1. The van der Waals surface area contributed by atoms with E-state index in [9.17, 15) is 9.59 Å². The summed E-state index contributed by atoms with van der Waals surface area (Å²) >= 11 is 0. The molecule has 1 aromatic heterocycles. The molecule has 0 aromatic carbocycles. The maximum atomic E-state index is 12.2. The van der Waals surface area contributed by atoms with Gasteiger partial charge in [0.25, 0.3) is 11.5 Å². The number of nitrogens with one attached hydrogen (secondary N) is 1. The third-order valence-corrected chi connectivity index (χ3v) is 4.23. The number of ether oxygens (including phenoxy) is 1. The summed E-state index contributed by atoms with van der Waals surface area (Å²) in [4.78, 5) is 26.2. The molecular formula is C16H26N4O3. The van der Waals surface area contributed by atoms with E-state index in [4.69, 9.17) is 4.74 Å². The Morgan fingerprint density at radius 1 is 1.39 bits per heavy atom. The molecule has 0 unspecified atom stereocenters. The number of likely N-dealkylation sites (tertiary alicyclic amines) is 1. The topological polar surface area (TPSA) is 76.5 Å². The Balaban J connectivity index is 1.86.